The lowest BCUT2D eigenvalue weighted by atomic mass is 9.93. The van der Waals surface area contributed by atoms with Gasteiger partial charge in [-0.1, -0.05) is 32.9 Å². The van der Waals surface area contributed by atoms with Crippen LogP contribution in [0.3, 0.4) is 0 Å². The van der Waals surface area contributed by atoms with Gasteiger partial charge < -0.3 is 15.2 Å². The molecule has 2 N–H and O–H groups in total. The maximum absolute atomic E-state index is 11.6. The number of aromatic nitrogens is 1. The second-order valence-corrected chi connectivity index (χ2v) is 7.50. The molecule has 0 saturated heterocycles. The van der Waals surface area contributed by atoms with Crippen LogP contribution in [0.25, 0.3) is 0 Å². The van der Waals surface area contributed by atoms with E-state index >= 15 is 0 Å². The summed E-state index contributed by atoms with van der Waals surface area (Å²) in [5.41, 5.74) is 2.03. The number of thiazole rings is 1. The molecule has 0 aliphatic heterocycles. The van der Waals surface area contributed by atoms with E-state index in [1.165, 1.54) is 0 Å². The van der Waals surface area contributed by atoms with E-state index in [-0.39, 0.29) is 24.5 Å². The highest BCUT2D eigenvalue weighted by atomic mass is 32.1. The Labute approximate surface area is 146 Å². The van der Waals surface area contributed by atoms with Crippen LogP contribution in [0.2, 0.25) is 0 Å². The molecule has 0 fully saturated rings. The summed E-state index contributed by atoms with van der Waals surface area (Å²) in [5.74, 6) is 0.650. The van der Waals surface area contributed by atoms with Crippen LogP contribution in [0.15, 0.2) is 29.6 Å². The molecule has 0 unspecified atom stereocenters. The minimum absolute atomic E-state index is 0.0486. The van der Waals surface area contributed by atoms with Gasteiger partial charge in [0.15, 0.2) is 0 Å². The highest BCUT2D eigenvalue weighted by molar-refractivity contribution is 7.09. The van der Waals surface area contributed by atoms with Gasteiger partial charge in [-0.3, -0.25) is 4.79 Å². The summed E-state index contributed by atoms with van der Waals surface area (Å²) in [5, 5.41) is 14.3. The van der Waals surface area contributed by atoms with Crippen LogP contribution < -0.4 is 10.1 Å². The van der Waals surface area contributed by atoms with E-state index in [1.807, 2.05) is 24.3 Å². The molecule has 6 heteroatoms. The molecular formula is C18H24N2O3S. The summed E-state index contributed by atoms with van der Waals surface area (Å²) in [6.45, 7) is 7.10. The van der Waals surface area contributed by atoms with Gasteiger partial charge in [0, 0.05) is 17.3 Å². The van der Waals surface area contributed by atoms with Gasteiger partial charge in [0.1, 0.15) is 17.4 Å². The number of rotatable bonds is 7. The Morgan fingerprint density at radius 2 is 2.00 bits per heavy atom. The number of amides is 1. The maximum atomic E-state index is 11.6. The monoisotopic (exact) mass is 348 g/mol. The first kappa shape index (κ1) is 18.4. The van der Waals surface area contributed by atoms with Crippen LogP contribution in [0.4, 0.5) is 0 Å². The largest absolute Gasteiger partial charge is 0.486 e. The van der Waals surface area contributed by atoms with Crippen molar-refractivity contribution in [1.29, 1.82) is 0 Å². The van der Waals surface area contributed by atoms with E-state index in [2.05, 4.69) is 36.5 Å². The minimum Gasteiger partial charge on any atom is -0.486 e. The fourth-order valence-corrected chi connectivity index (χ4v) is 2.95. The molecule has 130 valence electrons. The van der Waals surface area contributed by atoms with Gasteiger partial charge in [-0.05, 0) is 17.7 Å². The number of carbonyl (C=O) groups is 1. The van der Waals surface area contributed by atoms with Crippen LogP contribution in [-0.4, -0.2) is 29.1 Å². The van der Waals surface area contributed by atoms with Gasteiger partial charge in [-0.2, -0.15) is 0 Å². The summed E-state index contributed by atoms with van der Waals surface area (Å²) in [6.07, 6.45) is 0.293. The number of carbonyl (C=O) groups excluding carboxylic acids is 1. The third kappa shape index (κ3) is 5.62. The lowest BCUT2D eigenvalue weighted by Crippen LogP contribution is -2.27. The van der Waals surface area contributed by atoms with Gasteiger partial charge in [0.05, 0.1) is 18.7 Å². The highest BCUT2D eigenvalue weighted by Gasteiger charge is 2.17. The van der Waals surface area contributed by atoms with Crippen molar-refractivity contribution >= 4 is 17.2 Å². The van der Waals surface area contributed by atoms with E-state index in [4.69, 9.17) is 9.84 Å². The zero-order chi connectivity index (χ0) is 17.6. The van der Waals surface area contributed by atoms with Crippen LogP contribution in [0.5, 0.6) is 5.75 Å². The van der Waals surface area contributed by atoms with Crippen LogP contribution in [-0.2, 0) is 23.2 Å². The van der Waals surface area contributed by atoms with Gasteiger partial charge in [-0.15, -0.1) is 11.3 Å². The summed E-state index contributed by atoms with van der Waals surface area (Å²) in [6, 6.07) is 7.45. The standard InChI is InChI=1S/C18H24N2O3S/c1-18(2,3)15-12-24-17(20-15)11-23-14-6-4-13(5-7-14)10-16(22)19-8-9-21/h4-7,12,21H,8-11H2,1-3H3,(H,19,22). The van der Waals surface area contributed by atoms with E-state index in [0.29, 0.717) is 13.0 Å². The average Bonchev–Trinajstić information content (AvgIpc) is 3.01. The SMILES string of the molecule is CC(C)(C)c1csc(COc2ccc(CC(=O)NCCO)cc2)n1. The Hall–Kier alpha value is -1.92. The Morgan fingerprint density at radius 3 is 2.58 bits per heavy atom. The molecule has 24 heavy (non-hydrogen) atoms. The van der Waals surface area contributed by atoms with Crippen molar-refractivity contribution in [3.05, 3.63) is 45.9 Å². The molecule has 0 aliphatic carbocycles. The Balaban J connectivity index is 1.85. The van der Waals surface area contributed by atoms with Crippen molar-refractivity contribution in [1.82, 2.24) is 10.3 Å². The average molecular weight is 348 g/mol. The number of nitrogens with one attached hydrogen (secondary N) is 1. The maximum Gasteiger partial charge on any atom is 0.224 e. The van der Waals surface area contributed by atoms with Crippen molar-refractivity contribution in [3.63, 3.8) is 0 Å². The third-order valence-electron chi connectivity index (χ3n) is 3.40. The predicted octanol–water partition coefficient (Wildman–Crippen LogP) is 2.67. The van der Waals surface area contributed by atoms with E-state index in [1.54, 1.807) is 11.3 Å². The first-order valence-electron chi connectivity index (χ1n) is 7.92. The second kappa shape index (κ2) is 8.26. The van der Waals surface area contributed by atoms with Crippen molar-refractivity contribution in [2.75, 3.05) is 13.2 Å². The fraction of sp³-hybridized carbons (Fsp3) is 0.444. The smallest absolute Gasteiger partial charge is 0.224 e. The van der Waals surface area contributed by atoms with E-state index in [9.17, 15) is 4.79 Å². The molecule has 1 aromatic carbocycles. The molecule has 0 aliphatic rings. The normalized spacial score (nSPS) is 11.3. The molecule has 0 saturated carbocycles. The second-order valence-electron chi connectivity index (χ2n) is 6.56. The first-order valence-corrected chi connectivity index (χ1v) is 8.80. The Morgan fingerprint density at radius 1 is 1.29 bits per heavy atom. The zero-order valence-electron chi connectivity index (χ0n) is 14.3. The van der Waals surface area contributed by atoms with E-state index < -0.39 is 0 Å². The molecule has 0 spiro atoms. The van der Waals surface area contributed by atoms with Gasteiger partial charge >= 0.3 is 0 Å². The van der Waals surface area contributed by atoms with E-state index in [0.717, 1.165) is 22.0 Å². The number of ether oxygens (including phenoxy) is 1. The first-order chi connectivity index (χ1) is 11.4. The summed E-state index contributed by atoms with van der Waals surface area (Å²) >= 11 is 1.61. The molecule has 2 aromatic rings. The van der Waals surface area contributed by atoms with Gasteiger partial charge in [-0.25, -0.2) is 4.98 Å². The summed E-state index contributed by atoms with van der Waals surface area (Å²) in [4.78, 5) is 16.2. The number of aliphatic hydroxyl groups is 1. The lowest BCUT2D eigenvalue weighted by Gasteiger charge is -2.14. The summed E-state index contributed by atoms with van der Waals surface area (Å²) < 4.78 is 5.76. The zero-order valence-corrected chi connectivity index (χ0v) is 15.2. The van der Waals surface area contributed by atoms with Crippen molar-refractivity contribution < 1.29 is 14.6 Å². The quantitative estimate of drug-likeness (QED) is 0.807. The number of hydrogen-bond acceptors (Lipinski definition) is 5. The number of aliphatic hydroxyl groups excluding tert-OH is 1. The summed E-state index contributed by atoms with van der Waals surface area (Å²) in [7, 11) is 0. The highest BCUT2D eigenvalue weighted by Crippen LogP contribution is 2.24. The lowest BCUT2D eigenvalue weighted by molar-refractivity contribution is -0.120. The topological polar surface area (TPSA) is 71.5 Å². The molecule has 1 heterocycles. The number of benzene rings is 1. The van der Waals surface area contributed by atoms with Gasteiger partial charge in [0.2, 0.25) is 5.91 Å². The molecule has 5 nitrogen and oxygen atoms in total. The molecule has 2 rings (SSSR count). The molecule has 1 amide bonds. The van der Waals surface area contributed by atoms with Crippen LogP contribution in [0, 0.1) is 0 Å². The third-order valence-corrected chi connectivity index (χ3v) is 4.23. The molecular weight excluding hydrogens is 324 g/mol. The minimum atomic E-state index is -0.102. The fourth-order valence-electron chi connectivity index (χ4n) is 2.01. The Kier molecular flexibility index (Phi) is 6.34. The molecule has 0 bridgehead atoms. The molecule has 1 aromatic heterocycles. The van der Waals surface area contributed by atoms with Gasteiger partial charge in [0.25, 0.3) is 0 Å². The molecule has 0 atom stereocenters. The number of nitrogens with zero attached hydrogens (tertiary/aromatic N) is 1. The Bertz CT molecular complexity index is 660. The number of hydrogen-bond donors (Lipinski definition) is 2. The van der Waals surface area contributed by atoms with Crippen molar-refractivity contribution in [2.45, 2.75) is 39.2 Å². The predicted molar refractivity (Wildman–Crippen MR) is 95.4 cm³/mol. The van der Waals surface area contributed by atoms with Crippen molar-refractivity contribution in [2.24, 2.45) is 0 Å². The van der Waals surface area contributed by atoms with Crippen LogP contribution in [0.1, 0.15) is 37.0 Å². The van der Waals surface area contributed by atoms with Crippen LogP contribution >= 0.6 is 11.3 Å². The van der Waals surface area contributed by atoms with Crippen molar-refractivity contribution in [3.8, 4) is 5.75 Å². The molecule has 0 radical (unpaired) electrons.